The average Bonchev–Trinajstić information content (AvgIpc) is 2.47. The molecule has 1 heterocycles. The van der Waals surface area contributed by atoms with E-state index in [1.807, 2.05) is 13.8 Å². The summed E-state index contributed by atoms with van der Waals surface area (Å²) in [7, 11) is 0. The summed E-state index contributed by atoms with van der Waals surface area (Å²) in [6.45, 7) is 3.96. The molecule has 1 aromatic rings. The topological polar surface area (TPSA) is 43.8 Å². The molecular weight excluding hydrogens is 200 g/mol. The summed E-state index contributed by atoms with van der Waals surface area (Å²) < 4.78 is 27.3. The summed E-state index contributed by atoms with van der Waals surface area (Å²) in [6.07, 6.45) is 2.81. The van der Waals surface area contributed by atoms with Gasteiger partial charge in [-0.05, 0) is 13.8 Å². The summed E-state index contributed by atoms with van der Waals surface area (Å²) in [5, 5.41) is 4.10. The second-order valence-electron chi connectivity index (χ2n) is 4.67. The number of halogens is 2. The molecule has 1 aromatic heterocycles. The van der Waals surface area contributed by atoms with Crippen molar-refractivity contribution in [3.63, 3.8) is 0 Å². The van der Waals surface area contributed by atoms with E-state index in [-0.39, 0.29) is 18.9 Å². The third kappa shape index (κ3) is 1.76. The number of alkyl halides is 2. The van der Waals surface area contributed by atoms with Gasteiger partial charge in [-0.15, -0.1) is 0 Å². The molecule has 1 aliphatic carbocycles. The van der Waals surface area contributed by atoms with Crippen LogP contribution in [0.25, 0.3) is 0 Å². The highest BCUT2D eigenvalue weighted by molar-refractivity contribution is 5.24. The molecule has 1 fully saturated rings. The highest BCUT2D eigenvalue weighted by atomic mass is 19.3. The summed E-state index contributed by atoms with van der Waals surface area (Å²) >= 11 is 0. The highest BCUT2D eigenvalue weighted by Gasteiger charge is 2.55. The van der Waals surface area contributed by atoms with Crippen LogP contribution >= 0.6 is 0 Å². The Morgan fingerprint density at radius 1 is 1.47 bits per heavy atom. The summed E-state index contributed by atoms with van der Waals surface area (Å²) in [6, 6.07) is 0.225. The molecule has 0 saturated heterocycles. The molecule has 0 amide bonds. The average molecular weight is 215 g/mol. The Hall–Kier alpha value is -0.970. The lowest BCUT2D eigenvalue weighted by Gasteiger charge is -2.43. The standard InChI is InChI=1S/C10H15F2N3/c1-7(2)15-4-8(3-14-15)9(13)5-10(11,12)6-9/h3-4,7H,5-6,13H2,1-2H3. The van der Waals surface area contributed by atoms with Crippen LogP contribution in [0.2, 0.25) is 0 Å². The maximum Gasteiger partial charge on any atom is 0.252 e. The Morgan fingerprint density at radius 2 is 2.07 bits per heavy atom. The van der Waals surface area contributed by atoms with Gasteiger partial charge in [-0.3, -0.25) is 4.68 Å². The number of rotatable bonds is 2. The van der Waals surface area contributed by atoms with Crippen molar-refractivity contribution in [2.24, 2.45) is 5.73 Å². The molecule has 5 heteroatoms. The maximum atomic E-state index is 12.8. The van der Waals surface area contributed by atoms with E-state index in [1.54, 1.807) is 17.1 Å². The molecule has 0 aromatic carbocycles. The monoisotopic (exact) mass is 215 g/mol. The zero-order chi connectivity index (χ0) is 11.3. The van der Waals surface area contributed by atoms with Gasteiger partial charge in [0.25, 0.3) is 5.92 Å². The Kier molecular flexibility index (Phi) is 2.12. The van der Waals surface area contributed by atoms with Crippen molar-refractivity contribution in [3.8, 4) is 0 Å². The molecule has 2 N–H and O–H groups in total. The normalized spacial score (nSPS) is 22.8. The predicted octanol–water partition coefficient (Wildman–Crippen LogP) is 2.05. The summed E-state index contributed by atoms with van der Waals surface area (Å²) in [4.78, 5) is 0. The lowest BCUT2D eigenvalue weighted by molar-refractivity contribution is -0.125. The van der Waals surface area contributed by atoms with Crippen LogP contribution in [0.1, 0.15) is 38.3 Å². The van der Waals surface area contributed by atoms with Gasteiger partial charge in [-0.2, -0.15) is 5.10 Å². The van der Waals surface area contributed by atoms with Crippen molar-refractivity contribution in [3.05, 3.63) is 18.0 Å². The van der Waals surface area contributed by atoms with Crippen molar-refractivity contribution in [2.45, 2.75) is 44.2 Å². The second-order valence-corrected chi connectivity index (χ2v) is 4.67. The first-order valence-electron chi connectivity index (χ1n) is 5.04. The molecule has 0 spiro atoms. The first kappa shape index (κ1) is 10.5. The molecule has 0 radical (unpaired) electrons. The zero-order valence-electron chi connectivity index (χ0n) is 8.87. The number of hydrogen-bond donors (Lipinski definition) is 1. The van der Waals surface area contributed by atoms with Crippen LogP contribution in [0.5, 0.6) is 0 Å². The van der Waals surface area contributed by atoms with E-state index in [0.29, 0.717) is 5.56 Å². The molecule has 15 heavy (non-hydrogen) atoms. The minimum Gasteiger partial charge on any atom is -0.321 e. The first-order valence-corrected chi connectivity index (χ1v) is 5.04. The molecule has 0 aliphatic heterocycles. The fourth-order valence-corrected chi connectivity index (χ4v) is 1.95. The molecule has 2 rings (SSSR count). The van der Waals surface area contributed by atoms with E-state index in [2.05, 4.69) is 5.10 Å². The zero-order valence-corrected chi connectivity index (χ0v) is 8.87. The van der Waals surface area contributed by atoms with Crippen molar-refractivity contribution >= 4 is 0 Å². The fourth-order valence-electron chi connectivity index (χ4n) is 1.95. The molecule has 0 atom stereocenters. The van der Waals surface area contributed by atoms with Crippen LogP contribution in [0, 0.1) is 0 Å². The van der Waals surface area contributed by atoms with Gasteiger partial charge in [0.1, 0.15) is 0 Å². The molecule has 1 aliphatic rings. The van der Waals surface area contributed by atoms with Gasteiger partial charge in [0.15, 0.2) is 0 Å². The van der Waals surface area contributed by atoms with Crippen LogP contribution in [-0.2, 0) is 5.54 Å². The lowest BCUT2D eigenvalue weighted by Crippen LogP contribution is -2.55. The maximum absolute atomic E-state index is 12.8. The van der Waals surface area contributed by atoms with Gasteiger partial charge in [0.2, 0.25) is 0 Å². The first-order chi connectivity index (χ1) is 6.82. The summed E-state index contributed by atoms with van der Waals surface area (Å²) in [5.41, 5.74) is 5.71. The smallest absolute Gasteiger partial charge is 0.252 e. The van der Waals surface area contributed by atoms with Crippen molar-refractivity contribution in [2.75, 3.05) is 0 Å². The van der Waals surface area contributed by atoms with Gasteiger partial charge in [-0.25, -0.2) is 8.78 Å². The second kappa shape index (κ2) is 3.01. The minimum atomic E-state index is -2.60. The molecular formula is C10H15F2N3. The number of nitrogens with two attached hydrogens (primary N) is 1. The van der Waals surface area contributed by atoms with Gasteiger partial charge in [0.05, 0.1) is 11.7 Å². The van der Waals surface area contributed by atoms with Crippen molar-refractivity contribution in [1.82, 2.24) is 9.78 Å². The van der Waals surface area contributed by atoms with Crippen LogP contribution in [-0.4, -0.2) is 15.7 Å². The third-order valence-corrected chi connectivity index (χ3v) is 2.85. The van der Waals surface area contributed by atoms with E-state index in [4.69, 9.17) is 5.73 Å². The molecule has 1 saturated carbocycles. The lowest BCUT2D eigenvalue weighted by atomic mass is 9.71. The molecule has 3 nitrogen and oxygen atoms in total. The van der Waals surface area contributed by atoms with E-state index < -0.39 is 11.5 Å². The van der Waals surface area contributed by atoms with Crippen molar-refractivity contribution < 1.29 is 8.78 Å². The largest absolute Gasteiger partial charge is 0.321 e. The number of aromatic nitrogens is 2. The van der Waals surface area contributed by atoms with E-state index >= 15 is 0 Å². The summed E-state index contributed by atoms with van der Waals surface area (Å²) in [5.74, 6) is -2.60. The van der Waals surface area contributed by atoms with Gasteiger partial charge in [-0.1, -0.05) is 0 Å². The Morgan fingerprint density at radius 3 is 2.47 bits per heavy atom. The van der Waals surface area contributed by atoms with E-state index in [0.717, 1.165) is 0 Å². The van der Waals surface area contributed by atoms with Gasteiger partial charge in [0, 0.05) is 30.6 Å². The predicted molar refractivity (Wildman–Crippen MR) is 52.7 cm³/mol. The molecule has 0 unspecified atom stereocenters. The highest BCUT2D eigenvalue weighted by Crippen LogP contribution is 2.49. The van der Waals surface area contributed by atoms with Crippen LogP contribution in [0.15, 0.2) is 12.4 Å². The Bertz CT molecular complexity index is 362. The molecule has 84 valence electrons. The van der Waals surface area contributed by atoms with E-state index in [9.17, 15) is 8.78 Å². The van der Waals surface area contributed by atoms with Crippen LogP contribution < -0.4 is 5.73 Å². The third-order valence-electron chi connectivity index (χ3n) is 2.85. The number of nitrogens with zero attached hydrogens (tertiary/aromatic N) is 2. The fraction of sp³-hybridized carbons (Fsp3) is 0.700. The van der Waals surface area contributed by atoms with Gasteiger partial charge < -0.3 is 5.73 Å². The van der Waals surface area contributed by atoms with Gasteiger partial charge >= 0.3 is 0 Å². The molecule has 0 bridgehead atoms. The number of hydrogen-bond acceptors (Lipinski definition) is 2. The van der Waals surface area contributed by atoms with Crippen LogP contribution in [0.4, 0.5) is 8.78 Å². The van der Waals surface area contributed by atoms with Crippen molar-refractivity contribution in [1.29, 1.82) is 0 Å². The Balaban J connectivity index is 2.17. The Labute approximate surface area is 87.3 Å². The quantitative estimate of drug-likeness (QED) is 0.820. The van der Waals surface area contributed by atoms with Crippen LogP contribution in [0.3, 0.4) is 0 Å². The minimum absolute atomic E-state index is 0.225. The SMILES string of the molecule is CC(C)n1cc(C2(N)CC(F)(F)C2)cn1. The van der Waals surface area contributed by atoms with E-state index in [1.165, 1.54) is 0 Å².